The highest BCUT2D eigenvalue weighted by atomic mass is 16.1. The van der Waals surface area contributed by atoms with Crippen LogP contribution >= 0.6 is 0 Å². The number of fused-ring (bicyclic) bond motifs is 1. The van der Waals surface area contributed by atoms with Crippen molar-refractivity contribution in [3.05, 3.63) is 35.5 Å². The fourth-order valence-corrected chi connectivity index (χ4v) is 1.22. The molecule has 0 fully saturated rings. The van der Waals surface area contributed by atoms with E-state index in [0.717, 1.165) is 11.3 Å². The maximum Gasteiger partial charge on any atom is 0.248 e. The lowest BCUT2D eigenvalue weighted by atomic mass is 10.1. The van der Waals surface area contributed by atoms with Crippen LogP contribution in [0.15, 0.2) is 24.4 Å². The summed E-state index contributed by atoms with van der Waals surface area (Å²) in [5.41, 5.74) is 13.3. The molecule has 0 saturated carbocycles. The number of hydrogen-bond donors (Lipinski definition) is 3. The monoisotopic (exact) mass is 175 g/mol. The summed E-state index contributed by atoms with van der Waals surface area (Å²) in [6.45, 7) is 0. The molecule has 1 aliphatic rings. The van der Waals surface area contributed by atoms with Crippen molar-refractivity contribution in [2.24, 2.45) is 5.73 Å². The molecule has 1 aromatic rings. The third-order valence-corrected chi connectivity index (χ3v) is 1.89. The van der Waals surface area contributed by atoms with Gasteiger partial charge < -0.3 is 16.6 Å². The van der Waals surface area contributed by atoms with E-state index in [4.69, 9.17) is 5.73 Å². The molecule has 1 amide bonds. The van der Waals surface area contributed by atoms with Gasteiger partial charge in [-0.05, 0) is 24.3 Å². The van der Waals surface area contributed by atoms with Crippen molar-refractivity contribution >= 4 is 17.7 Å². The summed E-state index contributed by atoms with van der Waals surface area (Å²) in [4.78, 5) is 10.8. The number of nitrogens with one attached hydrogen (secondary N) is 2. The first-order valence-electron chi connectivity index (χ1n) is 3.89. The molecule has 0 radical (unpaired) electrons. The summed E-state index contributed by atoms with van der Waals surface area (Å²) in [6.07, 6.45) is 3.63. The Hall–Kier alpha value is -1.97. The second-order valence-corrected chi connectivity index (χ2v) is 2.77. The van der Waals surface area contributed by atoms with Gasteiger partial charge in [-0.3, -0.25) is 4.79 Å². The van der Waals surface area contributed by atoms with Crippen LogP contribution in [0.1, 0.15) is 15.9 Å². The normalized spacial score (nSPS) is 12.6. The van der Waals surface area contributed by atoms with Crippen LogP contribution in [0.4, 0.5) is 5.69 Å². The van der Waals surface area contributed by atoms with Gasteiger partial charge >= 0.3 is 0 Å². The first kappa shape index (κ1) is 7.67. The van der Waals surface area contributed by atoms with Crippen LogP contribution in [0.3, 0.4) is 0 Å². The molecular formula is C9H9N3O. The van der Waals surface area contributed by atoms with Crippen LogP contribution in [0, 0.1) is 0 Å². The van der Waals surface area contributed by atoms with Crippen molar-refractivity contribution in [2.75, 3.05) is 5.43 Å². The average Bonchev–Trinajstić information content (AvgIpc) is 2.17. The minimum Gasteiger partial charge on any atom is -0.366 e. The highest BCUT2D eigenvalue weighted by Crippen LogP contribution is 2.20. The van der Waals surface area contributed by atoms with Crippen molar-refractivity contribution in [3.63, 3.8) is 0 Å². The Balaban J connectivity index is 2.48. The minimum atomic E-state index is -0.408. The molecule has 4 nitrogen and oxygen atoms in total. The van der Waals surface area contributed by atoms with Gasteiger partial charge in [-0.2, -0.15) is 0 Å². The molecule has 0 spiro atoms. The SMILES string of the molecule is NC(=O)c1ccc2c(c1)C=CNN2. The molecule has 4 N–H and O–H groups in total. The molecule has 0 atom stereocenters. The standard InChI is InChI=1S/C9H9N3O/c10-9(13)7-1-2-8-6(5-7)3-4-11-12-8/h1-5,11-12H,(H2,10,13). The van der Waals surface area contributed by atoms with Gasteiger partial charge in [0.2, 0.25) is 5.91 Å². The molecule has 2 rings (SSSR count). The largest absolute Gasteiger partial charge is 0.366 e. The lowest BCUT2D eigenvalue weighted by molar-refractivity contribution is 0.100. The maximum absolute atomic E-state index is 10.8. The topological polar surface area (TPSA) is 67.2 Å². The minimum absolute atomic E-state index is 0.408. The third kappa shape index (κ3) is 1.33. The van der Waals surface area contributed by atoms with Gasteiger partial charge in [0.25, 0.3) is 0 Å². The van der Waals surface area contributed by atoms with Crippen LogP contribution in [-0.2, 0) is 0 Å². The summed E-state index contributed by atoms with van der Waals surface area (Å²) < 4.78 is 0. The summed E-state index contributed by atoms with van der Waals surface area (Å²) >= 11 is 0. The Morgan fingerprint density at radius 2 is 2.23 bits per heavy atom. The van der Waals surface area contributed by atoms with E-state index in [-0.39, 0.29) is 0 Å². The lowest BCUT2D eigenvalue weighted by Gasteiger charge is -2.14. The zero-order chi connectivity index (χ0) is 9.26. The van der Waals surface area contributed by atoms with E-state index in [1.54, 1.807) is 18.3 Å². The quantitative estimate of drug-likeness (QED) is 0.588. The predicted molar refractivity (Wildman–Crippen MR) is 50.8 cm³/mol. The van der Waals surface area contributed by atoms with Crippen LogP contribution in [0.5, 0.6) is 0 Å². The number of amides is 1. The number of nitrogens with two attached hydrogens (primary N) is 1. The predicted octanol–water partition coefficient (Wildman–Crippen LogP) is 0.686. The van der Waals surface area contributed by atoms with E-state index in [2.05, 4.69) is 10.9 Å². The fourth-order valence-electron chi connectivity index (χ4n) is 1.22. The van der Waals surface area contributed by atoms with E-state index >= 15 is 0 Å². The van der Waals surface area contributed by atoms with Gasteiger partial charge in [0.15, 0.2) is 0 Å². The van der Waals surface area contributed by atoms with Crippen LogP contribution in [0.2, 0.25) is 0 Å². The van der Waals surface area contributed by atoms with Crippen LogP contribution in [0.25, 0.3) is 6.08 Å². The van der Waals surface area contributed by atoms with Crippen LogP contribution in [-0.4, -0.2) is 5.91 Å². The van der Waals surface area contributed by atoms with E-state index < -0.39 is 5.91 Å². The van der Waals surface area contributed by atoms with Crippen molar-refractivity contribution in [1.29, 1.82) is 0 Å². The number of rotatable bonds is 1. The Bertz CT molecular complexity index is 384. The van der Waals surface area contributed by atoms with E-state index in [9.17, 15) is 4.79 Å². The lowest BCUT2D eigenvalue weighted by Crippen LogP contribution is -2.19. The average molecular weight is 175 g/mol. The maximum atomic E-state index is 10.8. The number of primary amides is 1. The Labute approximate surface area is 75.4 Å². The van der Waals surface area contributed by atoms with Gasteiger partial charge in [-0.15, -0.1) is 0 Å². The molecule has 13 heavy (non-hydrogen) atoms. The Morgan fingerprint density at radius 3 is 3.00 bits per heavy atom. The van der Waals surface area contributed by atoms with Gasteiger partial charge in [0.1, 0.15) is 0 Å². The zero-order valence-electron chi connectivity index (χ0n) is 6.87. The molecule has 0 saturated heterocycles. The number of benzene rings is 1. The molecule has 4 heteroatoms. The number of hydrogen-bond acceptors (Lipinski definition) is 3. The summed E-state index contributed by atoms with van der Waals surface area (Å²) in [6, 6.07) is 5.25. The molecule has 0 aliphatic carbocycles. The second kappa shape index (κ2) is 2.82. The summed E-state index contributed by atoms with van der Waals surface area (Å²) in [7, 11) is 0. The molecule has 66 valence electrons. The Morgan fingerprint density at radius 1 is 1.38 bits per heavy atom. The second-order valence-electron chi connectivity index (χ2n) is 2.77. The molecule has 1 aromatic carbocycles. The smallest absolute Gasteiger partial charge is 0.248 e. The van der Waals surface area contributed by atoms with E-state index in [1.807, 2.05) is 12.1 Å². The molecule has 0 bridgehead atoms. The van der Waals surface area contributed by atoms with Gasteiger partial charge in [-0.25, -0.2) is 0 Å². The van der Waals surface area contributed by atoms with Gasteiger partial charge in [0.05, 0.1) is 5.69 Å². The van der Waals surface area contributed by atoms with Crippen molar-refractivity contribution < 1.29 is 4.79 Å². The highest BCUT2D eigenvalue weighted by molar-refractivity contribution is 5.94. The molecular weight excluding hydrogens is 166 g/mol. The highest BCUT2D eigenvalue weighted by Gasteiger charge is 2.06. The number of hydrazine groups is 1. The summed E-state index contributed by atoms with van der Waals surface area (Å²) in [5.74, 6) is -0.408. The fraction of sp³-hybridized carbons (Fsp3) is 0. The number of anilines is 1. The van der Waals surface area contributed by atoms with Crippen molar-refractivity contribution in [2.45, 2.75) is 0 Å². The third-order valence-electron chi connectivity index (χ3n) is 1.89. The molecule has 0 aromatic heterocycles. The van der Waals surface area contributed by atoms with Crippen LogP contribution < -0.4 is 16.6 Å². The van der Waals surface area contributed by atoms with E-state index in [0.29, 0.717) is 5.56 Å². The van der Waals surface area contributed by atoms with Gasteiger partial charge in [0, 0.05) is 17.3 Å². The molecule has 1 heterocycles. The summed E-state index contributed by atoms with van der Waals surface area (Å²) in [5, 5.41) is 0. The van der Waals surface area contributed by atoms with Crippen molar-refractivity contribution in [3.8, 4) is 0 Å². The van der Waals surface area contributed by atoms with Crippen molar-refractivity contribution in [1.82, 2.24) is 5.43 Å². The van der Waals surface area contributed by atoms with Gasteiger partial charge in [-0.1, -0.05) is 0 Å². The first-order chi connectivity index (χ1) is 6.27. The molecule has 0 unspecified atom stereocenters. The zero-order valence-corrected chi connectivity index (χ0v) is 6.87. The first-order valence-corrected chi connectivity index (χ1v) is 3.89. The Kier molecular flexibility index (Phi) is 1.66. The number of carbonyl (C=O) groups excluding carboxylic acids is 1. The number of carbonyl (C=O) groups is 1. The molecule has 1 aliphatic heterocycles. The van der Waals surface area contributed by atoms with E-state index in [1.165, 1.54) is 0 Å².